The zero-order valence-corrected chi connectivity index (χ0v) is 17.9. The number of halogens is 1. The summed E-state index contributed by atoms with van der Waals surface area (Å²) in [5, 5.41) is 0.0394. The maximum Gasteiger partial charge on any atom is 0.340 e. The first-order valence-corrected chi connectivity index (χ1v) is 10.3. The number of hydrogen-bond acceptors (Lipinski definition) is 5. The summed E-state index contributed by atoms with van der Waals surface area (Å²) in [6.45, 7) is 5.19. The summed E-state index contributed by atoms with van der Waals surface area (Å²) in [6.07, 6.45) is 0. The van der Waals surface area contributed by atoms with E-state index in [4.69, 9.17) is 16.3 Å². The third kappa shape index (κ3) is 4.60. The van der Waals surface area contributed by atoms with Gasteiger partial charge in [-0.2, -0.15) is 0 Å². The first-order valence-electron chi connectivity index (χ1n) is 8.45. The molecular weight excluding hydrogens is 402 g/mol. The molecular formula is C20H22ClNO5S. The Morgan fingerprint density at radius 2 is 1.57 bits per heavy atom. The summed E-state index contributed by atoms with van der Waals surface area (Å²) < 4.78 is 30.6. The van der Waals surface area contributed by atoms with E-state index in [0.29, 0.717) is 5.56 Å². The number of aryl methyl sites for hydroxylation is 3. The lowest BCUT2D eigenvalue weighted by Gasteiger charge is -2.13. The Bertz CT molecular complexity index is 1040. The average Bonchev–Trinajstić information content (AvgIpc) is 2.62. The molecule has 0 aliphatic rings. The fraction of sp³-hybridized carbons (Fsp3) is 0.300. The van der Waals surface area contributed by atoms with Crippen molar-refractivity contribution in [2.75, 3.05) is 20.7 Å². The maximum absolute atomic E-state index is 12.5. The van der Waals surface area contributed by atoms with Crippen molar-refractivity contribution in [1.29, 1.82) is 0 Å². The molecule has 0 heterocycles. The van der Waals surface area contributed by atoms with Gasteiger partial charge in [0.15, 0.2) is 6.61 Å². The number of ether oxygens (including phenoxy) is 1. The van der Waals surface area contributed by atoms with Crippen molar-refractivity contribution in [2.45, 2.75) is 25.7 Å². The summed E-state index contributed by atoms with van der Waals surface area (Å²) in [4.78, 5) is 24.7. The van der Waals surface area contributed by atoms with E-state index in [1.54, 1.807) is 6.07 Å². The van der Waals surface area contributed by atoms with E-state index in [2.05, 4.69) is 0 Å². The second kappa shape index (κ2) is 8.43. The zero-order chi connectivity index (χ0) is 21.2. The van der Waals surface area contributed by atoms with Gasteiger partial charge in [-0.15, -0.1) is 0 Å². The number of hydrogen-bond donors (Lipinski definition) is 0. The van der Waals surface area contributed by atoms with Crippen LogP contribution in [0.4, 0.5) is 0 Å². The molecule has 0 N–H and O–H groups in total. The Balaban J connectivity index is 2.22. The number of nitrogens with zero attached hydrogens (tertiary/aromatic N) is 1. The molecule has 0 aromatic heterocycles. The van der Waals surface area contributed by atoms with Gasteiger partial charge in [0.05, 0.1) is 15.5 Å². The topological polar surface area (TPSA) is 80.8 Å². The van der Waals surface area contributed by atoms with Crippen LogP contribution >= 0.6 is 11.6 Å². The predicted octanol–water partition coefficient (Wildman–Crippen LogP) is 3.56. The second-order valence-electron chi connectivity index (χ2n) is 6.68. The number of benzene rings is 2. The van der Waals surface area contributed by atoms with Gasteiger partial charge >= 0.3 is 5.97 Å². The van der Waals surface area contributed by atoms with Crippen LogP contribution in [0.3, 0.4) is 0 Å². The fourth-order valence-electron chi connectivity index (χ4n) is 2.58. The van der Waals surface area contributed by atoms with Crippen molar-refractivity contribution < 1.29 is 22.7 Å². The number of Topliss-reactive ketones (excluding diaryl/α,β-unsaturated/α-hetero) is 1. The molecule has 0 aliphatic carbocycles. The van der Waals surface area contributed by atoms with Crippen molar-refractivity contribution in [1.82, 2.24) is 4.31 Å². The number of sulfonamides is 1. The SMILES string of the molecule is Cc1cc(C)c(C(=O)COC(=O)c2cc(S(=O)(=O)N(C)C)ccc2Cl)cc1C. The molecule has 0 fully saturated rings. The van der Waals surface area contributed by atoms with Gasteiger partial charge in [-0.3, -0.25) is 4.79 Å². The number of carbonyl (C=O) groups excluding carboxylic acids is 2. The molecule has 0 bridgehead atoms. The predicted molar refractivity (Wildman–Crippen MR) is 108 cm³/mol. The summed E-state index contributed by atoms with van der Waals surface area (Å²) in [6, 6.07) is 7.42. The highest BCUT2D eigenvalue weighted by atomic mass is 35.5. The van der Waals surface area contributed by atoms with E-state index in [1.165, 1.54) is 26.2 Å². The molecule has 0 spiro atoms. The quantitative estimate of drug-likeness (QED) is 0.524. The molecule has 2 rings (SSSR count). The first-order chi connectivity index (χ1) is 12.9. The van der Waals surface area contributed by atoms with Gasteiger partial charge < -0.3 is 4.74 Å². The van der Waals surface area contributed by atoms with E-state index >= 15 is 0 Å². The molecule has 0 radical (unpaired) electrons. The second-order valence-corrected chi connectivity index (χ2v) is 9.24. The molecule has 150 valence electrons. The molecule has 28 heavy (non-hydrogen) atoms. The van der Waals surface area contributed by atoms with E-state index in [0.717, 1.165) is 27.1 Å². The van der Waals surface area contributed by atoms with E-state index < -0.39 is 22.6 Å². The van der Waals surface area contributed by atoms with Gasteiger partial charge in [0.25, 0.3) is 0 Å². The summed E-state index contributed by atoms with van der Waals surface area (Å²) in [7, 11) is -0.976. The molecule has 0 saturated heterocycles. The Hall–Kier alpha value is -2.22. The third-order valence-corrected chi connectivity index (χ3v) is 6.55. The average molecular weight is 424 g/mol. The summed E-state index contributed by atoms with van der Waals surface area (Å²) in [5.74, 6) is -1.21. The lowest BCUT2D eigenvalue weighted by molar-refractivity contribution is 0.0474. The van der Waals surface area contributed by atoms with Crippen molar-refractivity contribution >= 4 is 33.4 Å². The molecule has 0 amide bonds. The van der Waals surface area contributed by atoms with Crippen LogP contribution in [0, 0.1) is 20.8 Å². The van der Waals surface area contributed by atoms with Crippen LogP contribution in [0.5, 0.6) is 0 Å². The van der Waals surface area contributed by atoms with Crippen molar-refractivity contribution in [2.24, 2.45) is 0 Å². The summed E-state index contributed by atoms with van der Waals surface area (Å²) >= 11 is 6.02. The van der Waals surface area contributed by atoms with E-state index in [-0.39, 0.29) is 21.3 Å². The zero-order valence-electron chi connectivity index (χ0n) is 16.4. The number of esters is 1. The summed E-state index contributed by atoms with van der Waals surface area (Å²) in [5.41, 5.74) is 3.18. The number of ketones is 1. The van der Waals surface area contributed by atoms with Crippen LogP contribution < -0.4 is 0 Å². The standard InChI is InChI=1S/C20H22ClNO5S/c1-12-8-14(3)16(9-13(12)2)19(23)11-27-20(24)17-10-15(6-7-18(17)21)28(25,26)22(4)5/h6-10H,11H2,1-5H3. The largest absolute Gasteiger partial charge is 0.454 e. The van der Waals surface area contributed by atoms with Crippen molar-refractivity contribution in [3.63, 3.8) is 0 Å². The molecule has 0 saturated carbocycles. The Morgan fingerprint density at radius 1 is 0.964 bits per heavy atom. The minimum Gasteiger partial charge on any atom is -0.454 e. The van der Waals surface area contributed by atoms with Crippen LogP contribution in [-0.2, 0) is 14.8 Å². The van der Waals surface area contributed by atoms with E-state index in [1.807, 2.05) is 26.8 Å². The molecule has 8 heteroatoms. The van der Waals surface area contributed by atoms with Gasteiger partial charge in [0.2, 0.25) is 15.8 Å². The molecule has 2 aromatic carbocycles. The molecule has 0 aliphatic heterocycles. The highest BCUT2D eigenvalue weighted by Gasteiger charge is 2.22. The number of rotatable bonds is 6. The van der Waals surface area contributed by atoms with Crippen LogP contribution in [0.2, 0.25) is 5.02 Å². The molecule has 2 aromatic rings. The van der Waals surface area contributed by atoms with Gasteiger partial charge in [-0.25, -0.2) is 17.5 Å². The van der Waals surface area contributed by atoms with Gasteiger partial charge in [0.1, 0.15) is 0 Å². The first kappa shape index (κ1) is 22.1. The molecule has 6 nitrogen and oxygen atoms in total. The lowest BCUT2D eigenvalue weighted by atomic mass is 9.98. The van der Waals surface area contributed by atoms with Gasteiger partial charge in [0, 0.05) is 19.7 Å². The molecule has 0 unspecified atom stereocenters. The Morgan fingerprint density at radius 3 is 2.18 bits per heavy atom. The van der Waals surface area contributed by atoms with E-state index in [9.17, 15) is 18.0 Å². The van der Waals surface area contributed by atoms with Crippen LogP contribution in [0.1, 0.15) is 37.4 Å². The number of carbonyl (C=O) groups is 2. The highest BCUT2D eigenvalue weighted by molar-refractivity contribution is 7.89. The van der Waals surface area contributed by atoms with Gasteiger partial charge in [-0.05, 0) is 61.7 Å². The monoisotopic (exact) mass is 423 g/mol. The molecule has 0 atom stereocenters. The third-order valence-electron chi connectivity index (χ3n) is 4.41. The fourth-order valence-corrected chi connectivity index (χ4v) is 3.70. The Kier molecular flexibility index (Phi) is 6.64. The minimum atomic E-state index is -3.74. The van der Waals surface area contributed by atoms with Crippen LogP contribution in [0.25, 0.3) is 0 Å². The minimum absolute atomic E-state index is 0.0394. The van der Waals surface area contributed by atoms with Crippen LogP contribution in [0.15, 0.2) is 35.2 Å². The smallest absolute Gasteiger partial charge is 0.340 e. The normalized spacial score (nSPS) is 11.5. The van der Waals surface area contributed by atoms with Crippen LogP contribution in [-0.4, -0.2) is 45.2 Å². The maximum atomic E-state index is 12.5. The lowest BCUT2D eigenvalue weighted by Crippen LogP contribution is -2.23. The Labute approximate surface area is 170 Å². The highest BCUT2D eigenvalue weighted by Crippen LogP contribution is 2.23. The van der Waals surface area contributed by atoms with Crippen molar-refractivity contribution in [3.8, 4) is 0 Å². The van der Waals surface area contributed by atoms with Crippen molar-refractivity contribution in [3.05, 3.63) is 63.2 Å². The van der Waals surface area contributed by atoms with Gasteiger partial charge in [-0.1, -0.05) is 17.7 Å².